The van der Waals surface area contributed by atoms with Crippen molar-refractivity contribution in [2.75, 3.05) is 12.4 Å². The van der Waals surface area contributed by atoms with Crippen LogP contribution in [0.25, 0.3) is 0 Å². The fraction of sp³-hybridized carbons (Fsp3) is 0.875. The second-order valence-electron chi connectivity index (χ2n) is 2.64. The summed E-state index contributed by atoms with van der Waals surface area (Å²) in [5, 5.41) is 0.175. The monoisotopic (exact) mass is 208 g/mol. The molecule has 0 spiro atoms. The van der Waals surface area contributed by atoms with E-state index in [4.69, 9.17) is 4.74 Å². The highest BCUT2D eigenvalue weighted by Crippen LogP contribution is 2.07. The molecule has 12 heavy (non-hydrogen) atoms. The highest BCUT2D eigenvalue weighted by atomic mass is 32.1. The minimum absolute atomic E-state index is 0.147. The van der Waals surface area contributed by atoms with Gasteiger partial charge in [-0.3, -0.25) is 4.79 Å². The highest BCUT2D eigenvalue weighted by Gasteiger charge is 2.05. The van der Waals surface area contributed by atoms with Crippen molar-refractivity contribution in [2.24, 2.45) is 0 Å². The third-order valence-electron chi connectivity index (χ3n) is 1.46. The minimum Gasteiger partial charge on any atom is -0.464 e. The molecule has 0 aromatic carbocycles. The number of hydrogen-bond donors (Lipinski definition) is 2. The van der Waals surface area contributed by atoms with Gasteiger partial charge in [0.15, 0.2) is 0 Å². The lowest BCUT2D eigenvalue weighted by atomic mass is 10.2. The molecule has 0 aromatic heterocycles. The van der Waals surface area contributed by atoms with E-state index in [-0.39, 0.29) is 17.0 Å². The van der Waals surface area contributed by atoms with E-state index in [1.165, 1.54) is 0 Å². The van der Waals surface area contributed by atoms with Gasteiger partial charge in [0.1, 0.15) is 6.61 Å². The molecule has 0 heterocycles. The van der Waals surface area contributed by atoms with Crippen molar-refractivity contribution in [3.63, 3.8) is 0 Å². The first-order valence-electron chi connectivity index (χ1n) is 4.15. The largest absolute Gasteiger partial charge is 0.464 e. The van der Waals surface area contributed by atoms with E-state index in [0.717, 1.165) is 19.3 Å². The molecule has 0 aliphatic rings. The van der Waals surface area contributed by atoms with Crippen molar-refractivity contribution < 1.29 is 9.53 Å². The van der Waals surface area contributed by atoms with Gasteiger partial charge in [0.25, 0.3) is 0 Å². The van der Waals surface area contributed by atoms with Crippen molar-refractivity contribution in [3.8, 4) is 0 Å². The van der Waals surface area contributed by atoms with E-state index < -0.39 is 0 Å². The Balaban J connectivity index is 3.30. The summed E-state index contributed by atoms with van der Waals surface area (Å²) in [6.07, 6.45) is 3.28. The quantitative estimate of drug-likeness (QED) is 0.515. The number of carbonyl (C=O) groups excluding carboxylic acids is 1. The van der Waals surface area contributed by atoms with Crippen LogP contribution >= 0.6 is 25.3 Å². The van der Waals surface area contributed by atoms with Crippen LogP contribution < -0.4 is 0 Å². The molecule has 0 bridgehead atoms. The lowest BCUT2D eigenvalue weighted by molar-refractivity contribution is -0.140. The summed E-state index contributed by atoms with van der Waals surface area (Å²) < 4.78 is 4.86. The van der Waals surface area contributed by atoms with E-state index in [0.29, 0.717) is 6.61 Å². The van der Waals surface area contributed by atoms with Crippen LogP contribution in [0.4, 0.5) is 0 Å². The molecule has 0 rings (SSSR count). The summed E-state index contributed by atoms with van der Waals surface area (Å²) in [6.45, 7) is 2.53. The number of esters is 1. The second kappa shape index (κ2) is 7.80. The van der Waals surface area contributed by atoms with Crippen molar-refractivity contribution in [2.45, 2.75) is 31.4 Å². The van der Waals surface area contributed by atoms with Gasteiger partial charge >= 0.3 is 5.97 Å². The molecule has 2 nitrogen and oxygen atoms in total. The van der Waals surface area contributed by atoms with Crippen LogP contribution in [0.1, 0.15) is 26.2 Å². The molecule has 1 unspecified atom stereocenters. The van der Waals surface area contributed by atoms with Crippen molar-refractivity contribution in [3.05, 3.63) is 0 Å². The summed E-state index contributed by atoms with van der Waals surface area (Å²) >= 11 is 8.06. The standard InChI is InChI=1S/C8H16O2S2/c1-2-3-4-7(12)5-10-8(9)6-11/h7,11-12H,2-6H2,1H3. The van der Waals surface area contributed by atoms with Gasteiger partial charge in [-0.05, 0) is 6.42 Å². The molecule has 0 aliphatic heterocycles. The third-order valence-corrected chi connectivity index (χ3v) is 2.12. The zero-order chi connectivity index (χ0) is 9.40. The van der Waals surface area contributed by atoms with E-state index in [2.05, 4.69) is 32.2 Å². The summed E-state index contributed by atoms with van der Waals surface area (Å²) in [5.41, 5.74) is 0. The van der Waals surface area contributed by atoms with Crippen LogP contribution in [-0.4, -0.2) is 23.6 Å². The van der Waals surface area contributed by atoms with E-state index in [9.17, 15) is 4.79 Å². The average Bonchev–Trinajstić information content (AvgIpc) is 2.10. The minimum atomic E-state index is -0.270. The molecule has 0 fully saturated rings. The van der Waals surface area contributed by atoms with Gasteiger partial charge in [0.05, 0.1) is 5.75 Å². The summed E-state index contributed by atoms with van der Waals surface area (Å²) in [6, 6.07) is 0. The molecule has 0 saturated carbocycles. The van der Waals surface area contributed by atoms with E-state index >= 15 is 0 Å². The van der Waals surface area contributed by atoms with Gasteiger partial charge in [-0.1, -0.05) is 19.8 Å². The first kappa shape index (κ1) is 12.2. The Bertz CT molecular complexity index is 128. The number of hydrogen-bond acceptors (Lipinski definition) is 4. The molecule has 0 aliphatic carbocycles. The van der Waals surface area contributed by atoms with Gasteiger partial charge in [0, 0.05) is 5.25 Å². The Hall–Kier alpha value is 0.170. The first-order chi connectivity index (χ1) is 5.70. The fourth-order valence-corrected chi connectivity index (χ4v) is 1.11. The smallest absolute Gasteiger partial charge is 0.315 e. The van der Waals surface area contributed by atoms with Crippen LogP contribution in [0.5, 0.6) is 0 Å². The summed E-state index contributed by atoms with van der Waals surface area (Å²) in [4.78, 5) is 10.7. The number of ether oxygens (including phenoxy) is 1. The molecule has 0 radical (unpaired) electrons. The lowest BCUT2D eigenvalue weighted by Crippen LogP contribution is -2.14. The Kier molecular flexibility index (Phi) is 7.91. The highest BCUT2D eigenvalue weighted by molar-refractivity contribution is 7.81. The van der Waals surface area contributed by atoms with Crippen molar-refractivity contribution >= 4 is 31.2 Å². The Morgan fingerprint density at radius 1 is 1.58 bits per heavy atom. The SMILES string of the molecule is CCCCC(S)COC(=O)CS. The molecule has 0 aromatic rings. The molecule has 0 N–H and O–H groups in total. The normalized spacial score (nSPS) is 12.6. The molecular formula is C8H16O2S2. The van der Waals surface area contributed by atoms with E-state index in [1.807, 2.05) is 0 Å². The average molecular weight is 208 g/mol. The molecule has 0 saturated heterocycles. The fourth-order valence-electron chi connectivity index (χ4n) is 0.758. The maximum atomic E-state index is 10.7. The third kappa shape index (κ3) is 6.85. The zero-order valence-corrected chi connectivity index (χ0v) is 9.11. The zero-order valence-electron chi connectivity index (χ0n) is 7.32. The van der Waals surface area contributed by atoms with E-state index in [1.54, 1.807) is 0 Å². The molecule has 72 valence electrons. The number of carbonyl (C=O) groups is 1. The topological polar surface area (TPSA) is 26.3 Å². The van der Waals surface area contributed by atoms with Crippen LogP contribution in [0, 0.1) is 0 Å². The second-order valence-corrected chi connectivity index (χ2v) is 3.68. The predicted molar refractivity (Wildman–Crippen MR) is 57.1 cm³/mol. The van der Waals surface area contributed by atoms with Gasteiger partial charge in [-0.15, -0.1) is 0 Å². The van der Waals surface area contributed by atoms with Crippen molar-refractivity contribution in [1.29, 1.82) is 0 Å². The number of thiol groups is 2. The summed E-state index contributed by atoms with van der Waals surface area (Å²) in [5.74, 6) is -0.122. The summed E-state index contributed by atoms with van der Waals surface area (Å²) in [7, 11) is 0. The number of rotatable bonds is 6. The van der Waals surface area contributed by atoms with Crippen LogP contribution in [0.3, 0.4) is 0 Å². The van der Waals surface area contributed by atoms with Crippen LogP contribution in [-0.2, 0) is 9.53 Å². The maximum Gasteiger partial charge on any atom is 0.315 e. The Morgan fingerprint density at radius 2 is 2.25 bits per heavy atom. The van der Waals surface area contributed by atoms with Crippen LogP contribution in [0.2, 0.25) is 0 Å². The predicted octanol–water partition coefficient (Wildman–Crippen LogP) is 1.95. The van der Waals surface area contributed by atoms with Gasteiger partial charge in [-0.25, -0.2) is 0 Å². The van der Waals surface area contributed by atoms with Gasteiger partial charge < -0.3 is 4.74 Å². The first-order valence-corrected chi connectivity index (χ1v) is 5.30. The molecule has 1 atom stereocenters. The van der Waals surface area contributed by atoms with Crippen LogP contribution in [0.15, 0.2) is 0 Å². The Morgan fingerprint density at radius 3 is 2.75 bits per heavy atom. The molecular weight excluding hydrogens is 192 g/mol. The maximum absolute atomic E-state index is 10.7. The molecule has 0 amide bonds. The Labute approximate surface area is 84.9 Å². The lowest BCUT2D eigenvalue weighted by Gasteiger charge is -2.09. The molecule has 4 heteroatoms. The van der Waals surface area contributed by atoms with Gasteiger partial charge in [0.2, 0.25) is 0 Å². The van der Waals surface area contributed by atoms with Gasteiger partial charge in [-0.2, -0.15) is 25.3 Å². The van der Waals surface area contributed by atoms with Crippen molar-refractivity contribution in [1.82, 2.24) is 0 Å². The number of unbranched alkanes of at least 4 members (excludes halogenated alkanes) is 1.